The predicted octanol–water partition coefficient (Wildman–Crippen LogP) is -0.355. The highest BCUT2D eigenvalue weighted by Crippen LogP contribution is 2.04. The topological polar surface area (TPSA) is 38.0 Å². The van der Waals surface area contributed by atoms with Gasteiger partial charge in [-0.25, -0.2) is 4.39 Å². The molecule has 1 aliphatic rings. The van der Waals surface area contributed by atoms with Gasteiger partial charge < -0.3 is 11.1 Å². The Kier molecular flexibility index (Phi) is 1.81. The summed E-state index contributed by atoms with van der Waals surface area (Å²) < 4.78 is 12.4. The summed E-state index contributed by atoms with van der Waals surface area (Å²) in [4.78, 5) is 0. The maximum Gasteiger partial charge on any atom is 0.118 e. The molecule has 8 heavy (non-hydrogen) atoms. The third-order valence-corrected chi connectivity index (χ3v) is 1.44. The van der Waals surface area contributed by atoms with Gasteiger partial charge in [-0.3, -0.25) is 0 Å². The van der Waals surface area contributed by atoms with E-state index < -0.39 is 6.17 Å². The summed E-state index contributed by atoms with van der Waals surface area (Å²) in [6, 6.07) is -0.274. The number of alkyl halides is 1. The molecule has 0 bridgehead atoms. The van der Waals surface area contributed by atoms with Gasteiger partial charge in [0.05, 0.1) is 0 Å². The maximum atomic E-state index is 12.4. The first-order valence-electron chi connectivity index (χ1n) is 2.91. The van der Waals surface area contributed by atoms with Crippen molar-refractivity contribution in [3.05, 3.63) is 0 Å². The van der Waals surface area contributed by atoms with Crippen molar-refractivity contribution in [2.45, 2.75) is 18.6 Å². The molecule has 0 spiro atoms. The first-order chi connectivity index (χ1) is 3.80. The van der Waals surface area contributed by atoms with Gasteiger partial charge in [-0.1, -0.05) is 0 Å². The second-order valence-electron chi connectivity index (χ2n) is 2.17. The van der Waals surface area contributed by atoms with Crippen LogP contribution in [-0.4, -0.2) is 25.3 Å². The number of halogens is 1. The van der Waals surface area contributed by atoms with E-state index in [9.17, 15) is 4.39 Å². The van der Waals surface area contributed by atoms with Crippen LogP contribution < -0.4 is 11.1 Å². The Morgan fingerprint density at radius 1 is 1.62 bits per heavy atom. The number of piperidine rings is 1. The van der Waals surface area contributed by atoms with E-state index in [1.54, 1.807) is 0 Å². The van der Waals surface area contributed by atoms with Crippen LogP contribution >= 0.6 is 0 Å². The number of nitrogens with one attached hydrogen (secondary N) is 1. The molecule has 0 unspecified atom stereocenters. The number of hydrogen-bond acceptors (Lipinski definition) is 2. The average molecular weight is 118 g/mol. The first kappa shape index (κ1) is 5.98. The fourth-order valence-corrected chi connectivity index (χ4v) is 0.851. The van der Waals surface area contributed by atoms with Crippen LogP contribution in [0.15, 0.2) is 0 Å². The summed E-state index contributed by atoms with van der Waals surface area (Å²) in [6.07, 6.45) is -0.211. The zero-order chi connectivity index (χ0) is 5.98. The van der Waals surface area contributed by atoms with Crippen LogP contribution in [0.1, 0.15) is 6.42 Å². The van der Waals surface area contributed by atoms with E-state index in [1.807, 2.05) is 0 Å². The molecule has 3 heteroatoms. The zero-order valence-corrected chi connectivity index (χ0v) is 4.73. The number of nitrogens with two attached hydrogens (primary N) is 1. The van der Waals surface area contributed by atoms with Crippen molar-refractivity contribution in [2.75, 3.05) is 13.1 Å². The molecule has 1 rings (SSSR count). The van der Waals surface area contributed by atoms with Gasteiger partial charge in [0.25, 0.3) is 0 Å². The smallest absolute Gasteiger partial charge is 0.118 e. The van der Waals surface area contributed by atoms with Crippen molar-refractivity contribution < 1.29 is 4.39 Å². The normalized spacial score (nSPS) is 39.8. The Balaban J connectivity index is 2.28. The SMILES string of the molecule is N[C@H]1CNCC[C@@H]1F. The minimum atomic E-state index is -0.781. The molecule has 0 aromatic heterocycles. The molecule has 0 aliphatic carbocycles. The quantitative estimate of drug-likeness (QED) is 0.456. The lowest BCUT2D eigenvalue weighted by atomic mass is 10.1. The lowest BCUT2D eigenvalue weighted by Crippen LogP contribution is -2.47. The fraction of sp³-hybridized carbons (Fsp3) is 1.00. The second-order valence-corrected chi connectivity index (χ2v) is 2.17. The Labute approximate surface area is 48.2 Å². The van der Waals surface area contributed by atoms with Gasteiger partial charge in [0, 0.05) is 12.6 Å². The molecule has 1 fully saturated rings. The maximum absolute atomic E-state index is 12.4. The molecule has 48 valence electrons. The van der Waals surface area contributed by atoms with Crippen LogP contribution in [0.3, 0.4) is 0 Å². The van der Waals surface area contributed by atoms with Crippen molar-refractivity contribution in [3.63, 3.8) is 0 Å². The third kappa shape index (κ3) is 1.17. The summed E-state index contributed by atoms with van der Waals surface area (Å²) in [5, 5.41) is 3.00. The molecular formula is C5H11FN2. The number of rotatable bonds is 0. The van der Waals surface area contributed by atoms with Crippen molar-refractivity contribution in [2.24, 2.45) is 5.73 Å². The fourth-order valence-electron chi connectivity index (χ4n) is 0.851. The van der Waals surface area contributed by atoms with Gasteiger partial charge >= 0.3 is 0 Å². The molecule has 1 saturated heterocycles. The van der Waals surface area contributed by atoms with Crippen molar-refractivity contribution in [3.8, 4) is 0 Å². The van der Waals surface area contributed by atoms with E-state index >= 15 is 0 Å². The van der Waals surface area contributed by atoms with Crippen LogP contribution in [0.5, 0.6) is 0 Å². The molecule has 1 heterocycles. The highest BCUT2D eigenvalue weighted by atomic mass is 19.1. The van der Waals surface area contributed by atoms with Crippen LogP contribution in [-0.2, 0) is 0 Å². The van der Waals surface area contributed by atoms with Gasteiger partial charge in [0.1, 0.15) is 6.17 Å². The highest BCUT2D eigenvalue weighted by Gasteiger charge is 2.19. The van der Waals surface area contributed by atoms with Crippen LogP contribution in [0.25, 0.3) is 0 Å². The Hall–Kier alpha value is -0.150. The minimum absolute atomic E-state index is 0.274. The summed E-state index contributed by atoms with van der Waals surface area (Å²) in [6.45, 7) is 1.40. The standard InChI is InChI=1S/C5H11FN2/c6-4-1-2-8-3-5(4)7/h4-5,8H,1-3,7H2/t4-,5-/m0/s1. The van der Waals surface area contributed by atoms with Crippen LogP contribution in [0.2, 0.25) is 0 Å². The van der Waals surface area contributed by atoms with Crippen LogP contribution in [0.4, 0.5) is 4.39 Å². The minimum Gasteiger partial charge on any atom is -0.324 e. The molecule has 0 radical (unpaired) electrons. The van der Waals surface area contributed by atoms with Crippen molar-refractivity contribution in [1.29, 1.82) is 0 Å². The summed E-state index contributed by atoms with van der Waals surface area (Å²) in [7, 11) is 0. The summed E-state index contributed by atoms with van der Waals surface area (Å²) in [5.41, 5.74) is 5.34. The summed E-state index contributed by atoms with van der Waals surface area (Å²) >= 11 is 0. The van der Waals surface area contributed by atoms with E-state index in [0.29, 0.717) is 13.0 Å². The lowest BCUT2D eigenvalue weighted by Gasteiger charge is -2.22. The van der Waals surface area contributed by atoms with E-state index in [0.717, 1.165) is 6.54 Å². The zero-order valence-electron chi connectivity index (χ0n) is 4.73. The second kappa shape index (κ2) is 2.42. The molecule has 0 amide bonds. The Morgan fingerprint density at radius 3 is 2.75 bits per heavy atom. The van der Waals surface area contributed by atoms with Gasteiger partial charge in [0.15, 0.2) is 0 Å². The molecule has 0 saturated carbocycles. The van der Waals surface area contributed by atoms with Gasteiger partial charge in [-0.05, 0) is 13.0 Å². The molecule has 2 nitrogen and oxygen atoms in total. The molecule has 0 aromatic carbocycles. The highest BCUT2D eigenvalue weighted by molar-refractivity contribution is 4.79. The van der Waals surface area contributed by atoms with Crippen LogP contribution in [0, 0.1) is 0 Å². The molecule has 1 aliphatic heterocycles. The van der Waals surface area contributed by atoms with E-state index in [-0.39, 0.29) is 6.04 Å². The van der Waals surface area contributed by atoms with E-state index in [1.165, 1.54) is 0 Å². The Bertz CT molecular complexity index is 66.8. The largest absolute Gasteiger partial charge is 0.324 e. The number of hydrogen-bond donors (Lipinski definition) is 2. The van der Waals surface area contributed by atoms with E-state index in [2.05, 4.69) is 5.32 Å². The first-order valence-corrected chi connectivity index (χ1v) is 2.91. The third-order valence-electron chi connectivity index (χ3n) is 1.44. The molecule has 3 N–H and O–H groups in total. The lowest BCUT2D eigenvalue weighted by molar-refractivity contribution is 0.229. The predicted molar refractivity (Wildman–Crippen MR) is 30.4 cm³/mol. The molecule has 0 aromatic rings. The molecule has 2 atom stereocenters. The average Bonchev–Trinajstić information content (AvgIpc) is 1.77. The van der Waals surface area contributed by atoms with Gasteiger partial charge in [-0.15, -0.1) is 0 Å². The monoisotopic (exact) mass is 118 g/mol. The Morgan fingerprint density at radius 2 is 2.38 bits per heavy atom. The van der Waals surface area contributed by atoms with E-state index in [4.69, 9.17) is 5.73 Å². The van der Waals surface area contributed by atoms with Gasteiger partial charge in [-0.2, -0.15) is 0 Å². The van der Waals surface area contributed by atoms with Gasteiger partial charge in [0.2, 0.25) is 0 Å². The summed E-state index contributed by atoms with van der Waals surface area (Å²) in [5.74, 6) is 0. The molecular weight excluding hydrogens is 107 g/mol. The van der Waals surface area contributed by atoms with Crippen molar-refractivity contribution >= 4 is 0 Å². The van der Waals surface area contributed by atoms with Crippen molar-refractivity contribution in [1.82, 2.24) is 5.32 Å².